The molecule has 1 saturated heterocycles. The lowest BCUT2D eigenvalue weighted by Crippen LogP contribution is -2.57. The summed E-state index contributed by atoms with van der Waals surface area (Å²) in [5.74, 6) is 0.751. The smallest absolute Gasteiger partial charge is 0.240 e. The molecule has 3 N–H and O–H groups in total. The molecule has 2 aliphatic rings. The molecule has 128 valence electrons. The maximum atomic E-state index is 12.6. The summed E-state index contributed by atoms with van der Waals surface area (Å²) in [6.45, 7) is 7.68. The zero-order valence-electron chi connectivity index (χ0n) is 14.6. The summed E-state index contributed by atoms with van der Waals surface area (Å²) < 4.78 is 0. The fraction of sp³-hybridized carbons (Fsp3) is 0.944. The van der Waals surface area contributed by atoms with Crippen LogP contribution in [0, 0.1) is 5.92 Å². The van der Waals surface area contributed by atoms with Gasteiger partial charge in [0.05, 0.1) is 5.54 Å². The molecule has 0 radical (unpaired) electrons. The Labute approximate surface area is 136 Å². The number of hydrogen-bond acceptors (Lipinski definition) is 3. The first kappa shape index (κ1) is 17.7. The zero-order chi connectivity index (χ0) is 16.0. The van der Waals surface area contributed by atoms with Gasteiger partial charge in [-0.1, -0.05) is 46.0 Å². The molecular formula is C18H35N3O. The van der Waals surface area contributed by atoms with E-state index in [1.807, 2.05) is 0 Å². The summed E-state index contributed by atoms with van der Waals surface area (Å²) in [7, 11) is 0. The van der Waals surface area contributed by atoms with Crippen LogP contribution in [0.25, 0.3) is 0 Å². The van der Waals surface area contributed by atoms with E-state index in [9.17, 15) is 4.79 Å². The zero-order valence-corrected chi connectivity index (χ0v) is 14.6. The van der Waals surface area contributed by atoms with Gasteiger partial charge in [0, 0.05) is 12.6 Å². The first-order valence-electron chi connectivity index (χ1n) is 9.42. The molecule has 1 amide bonds. The van der Waals surface area contributed by atoms with Gasteiger partial charge in [-0.3, -0.25) is 9.69 Å². The van der Waals surface area contributed by atoms with Crippen molar-refractivity contribution in [1.82, 2.24) is 10.2 Å². The van der Waals surface area contributed by atoms with Crippen LogP contribution >= 0.6 is 0 Å². The van der Waals surface area contributed by atoms with Gasteiger partial charge in [0.15, 0.2) is 0 Å². The molecule has 1 saturated carbocycles. The summed E-state index contributed by atoms with van der Waals surface area (Å²) in [6.07, 6.45) is 10.0. The molecule has 0 bridgehead atoms. The summed E-state index contributed by atoms with van der Waals surface area (Å²) in [5, 5.41) is 3.21. The van der Waals surface area contributed by atoms with Gasteiger partial charge in [0.1, 0.15) is 0 Å². The SMILES string of the molecule is CCC(CC)C(CNC(=O)C1(N)CCCCC1)N1CCCC1. The molecule has 1 heterocycles. The van der Waals surface area contributed by atoms with E-state index in [1.165, 1.54) is 45.2 Å². The maximum Gasteiger partial charge on any atom is 0.240 e. The molecule has 2 rings (SSSR count). The maximum absolute atomic E-state index is 12.6. The molecule has 1 aliphatic heterocycles. The number of carbonyl (C=O) groups excluding carboxylic acids is 1. The lowest BCUT2D eigenvalue weighted by Gasteiger charge is -2.36. The Morgan fingerprint density at radius 2 is 1.68 bits per heavy atom. The standard InChI is InChI=1S/C18H35N3O/c1-3-15(4-2)16(21-12-8-9-13-21)14-20-17(22)18(19)10-6-5-7-11-18/h15-16H,3-14,19H2,1-2H3,(H,20,22). The Morgan fingerprint density at radius 3 is 2.23 bits per heavy atom. The third-order valence-corrected chi connectivity index (χ3v) is 5.87. The van der Waals surface area contributed by atoms with E-state index in [4.69, 9.17) is 5.73 Å². The van der Waals surface area contributed by atoms with Crippen LogP contribution in [0.3, 0.4) is 0 Å². The van der Waals surface area contributed by atoms with E-state index >= 15 is 0 Å². The first-order valence-corrected chi connectivity index (χ1v) is 9.42. The molecule has 1 atom stereocenters. The van der Waals surface area contributed by atoms with Crippen molar-refractivity contribution in [2.24, 2.45) is 11.7 Å². The van der Waals surface area contributed by atoms with Crippen molar-refractivity contribution in [2.75, 3.05) is 19.6 Å². The second-order valence-corrected chi connectivity index (χ2v) is 7.31. The monoisotopic (exact) mass is 309 g/mol. The molecule has 0 aromatic rings. The number of likely N-dealkylation sites (tertiary alicyclic amines) is 1. The molecule has 2 fully saturated rings. The lowest BCUT2D eigenvalue weighted by molar-refractivity contribution is -0.127. The van der Waals surface area contributed by atoms with Crippen molar-refractivity contribution in [3.63, 3.8) is 0 Å². The van der Waals surface area contributed by atoms with E-state index in [2.05, 4.69) is 24.1 Å². The van der Waals surface area contributed by atoms with E-state index in [-0.39, 0.29) is 5.91 Å². The van der Waals surface area contributed by atoms with Crippen LogP contribution in [0.15, 0.2) is 0 Å². The topological polar surface area (TPSA) is 58.4 Å². The predicted octanol–water partition coefficient (Wildman–Crippen LogP) is 2.66. The number of carbonyl (C=O) groups is 1. The van der Waals surface area contributed by atoms with E-state index in [0.29, 0.717) is 12.0 Å². The Balaban J connectivity index is 1.93. The third kappa shape index (κ3) is 4.23. The van der Waals surface area contributed by atoms with Crippen molar-refractivity contribution in [3.8, 4) is 0 Å². The van der Waals surface area contributed by atoms with Crippen LogP contribution in [0.4, 0.5) is 0 Å². The quantitative estimate of drug-likeness (QED) is 0.760. The number of hydrogen-bond donors (Lipinski definition) is 2. The van der Waals surface area contributed by atoms with Crippen LogP contribution < -0.4 is 11.1 Å². The average molecular weight is 309 g/mol. The highest BCUT2D eigenvalue weighted by atomic mass is 16.2. The van der Waals surface area contributed by atoms with Gasteiger partial charge in [0.25, 0.3) is 0 Å². The molecule has 1 unspecified atom stereocenters. The first-order chi connectivity index (χ1) is 10.6. The number of nitrogens with zero attached hydrogens (tertiary/aromatic N) is 1. The highest BCUT2D eigenvalue weighted by Crippen LogP contribution is 2.27. The Hall–Kier alpha value is -0.610. The van der Waals surface area contributed by atoms with Crippen LogP contribution in [0.2, 0.25) is 0 Å². The second kappa shape index (κ2) is 8.30. The van der Waals surface area contributed by atoms with Crippen LogP contribution in [-0.2, 0) is 4.79 Å². The molecular weight excluding hydrogens is 274 g/mol. The van der Waals surface area contributed by atoms with Gasteiger partial charge in [-0.25, -0.2) is 0 Å². The summed E-state index contributed by atoms with van der Waals surface area (Å²) in [5.41, 5.74) is 5.75. The minimum absolute atomic E-state index is 0.0855. The minimum atomic E-state index is -0.609. The van der Waals surface area contributed by atoms with E-state index < -0.39 is 5.54 Å². The number of amides is 1. The molecule has 22 heavy (non-hydrogen) atoms. The highest BCUT2D eigenvalue weighted by Gasteiger charge is 2.36. The number of rotatable bonds is 7. The van der Waals surface area contributed by atoms with Crippen molar-refractivity contribution in [1.29, 1.82) is 0 Å². The van der Waals surface area contributed by atoms with Gasteiger partial charge in [-0.05, 0) is 44.7 Å². The largest absolute Gasteiger partial charge is 0.353 e. The van der Waals surface area contributed by atoms with E-state index in [1.54, 1.807) is 0 Å². The van der Waals surface area contributed by atoms with Gasteiger partial charge in [-0.15, -0.1) is 0 Å². The predicted molar refractivity (Wildman–Crippen MR) is 91.7 cm³/mol. The highest BCUT2D eigenvalue weighted by molar-refractivity contribution is 5.86. The van der Waals surface area contributed by atoms with Crippen LogP contribution in [-0.4, -0.2) is 42.0 Å². The van der Waals surface area contributed by atoms with Gasteiger partial charge < -0.3 is 11.1 Å². The molecule has 1 aliphatic carbocycles. The van der Waals surface area contributed by atoms with Crippen LogP contribution in [0.5, 0.6) is 0 Å². The minimum Gasteiger partial charge on any atom is -0.353 e. The van der Waals surface area contributed by atoms with Crippen molar-refractivity contribution >= 4 is 5.91 Å². The van der Waals surface area contributed by atoms with Crippen molar-refractivity contribution < 1.29 is 4.79 Å². The average Bonchev–Trinajstić information content (AvgIpc) is 3.06. The fourth-order valence-electron chi connectivity index (χ4n) is 4.28. The third-order valence-electron chi connectivity index (χ3n) is 5.87. The Bertz CT molecular complexity index is 340. The lowest BCUT2D eigenvalue weighted by atomic mass is 9.81. The van der Waals surface area contributed by atoms with E-state index in [0.717, 1.165) is 32.2 Å². The molecule has 4 nitrogen and oxygen atoms in total. The van der Waals surface area contributed by atoms with Gasteiger partial charge in [0.2, 0.25) is 5.91 Å². The van der Waals surface area contributed by atoms with Gasteiger partial charge in [-0.2, -0.15) is 0 Å². The Morgan fingerprint density at radius 1 is 1.09 bits per heavy atom. The molecule has 4 heteroatoms. The van der Waals surface area contributed by atoms with Crippen molar-refractivity contribution in [3.05, 3.63) is 0 Å². The molecule has 0 spiro atoms. The number of nitrogens with one attached hydrogen (secondary N) is 1. The van der Waals surface area contributed by atoms with Gasteiger partial charge >= 0.3 is 0 Å². The van der Waals surface area contributed by atoms with Crippen LogP contribution in [0.1, 0.15) is 71.6 Å². The Kier molecular flexibility index (Phi) is 6.69. The molecule has 0 aromatic heterocycles. The summed E-state index contributed by atoms with van der Waals surface area (Å²) >= 11 is 0. The molecule has 0 aromatic carbocycles. The second-order valence-electron chi connectivity index (χ2n) is 7.31. The fourth-order valence-corrected chi connectivity index (χ4v) is 4.28. The summed E-state index contributed by atoms with van der Waals surface area (Å²) in [4.78, 5) is 15.2. The normalized spacial score (nSPS) is 23.6. The van der Waals surface area contributed by atoms with Crippen molar-refractivity contribution in [2.45, 2.75) is 83.2 Å². The summed E-state index contributed by atoms with van der Waals surface area (Å²) in [6, 6.07) is 0.480. The number of nitrogens with two attached hydrogens (primary N) is 1.